The number of aromatic nitrogens is 2. The Bertz CT molecular complexity index is 441. The van der Waals surface area contributed by atoms with Crippen molar-refractivity contribution in [1.82, 2.24) is 14.9 Å². The molecule has 1 aromatic rings. The fourth-order valence-electron chi connectivity index (χ4n) is 2.96. The van der Waals surface area contributed by atoms with Crippen molar-refractivity contribution in [2.24, 2.45) is 0 Å². The van der Waals surface area contributed by atoms with Crippen LogP contribution in [0.3, 0.4) is 0 Å². The van der Waals surface area contributed by atoms with Crippen molar-refractivity contribution in [3.63, 3.8) is 0 Å². The molecule has 0 bridgehead atoms. The van der Waals surface area contributed by atoms with Gasteiger partial charge in [-0.2, -0.15) is 0 Å². The van der Waals surface area contributed by atoms with E-state index in [1.54, 1.807) is 6.33 Å². The summed E-state index contributed by atoms with van der Waals surface area (Å²) in [4.78, 5) is 10.9. The fraction of sp³-hybridized carbons (Fsp3) is 0.733. The number of anilines is 1. The van der Waals surface area contributed by atoms with E-state index in [2.05, 4.69) is 34.3 Å². The lowest BCUT2D eigenvalue weighted by atomic mass is 9.96. The van der Waals surface area contributed by atoms with Gasteiger partial charge in [-0.05, 0) is 40.8 Å². The molecule has 5 nitrogen and oxygen atoms in total. The zero-order valence-electron chi connectivity index (χ0n) is 13.1. The zero-order valence-corrected chi connectivity index (χ0v) is 13.1. The number of nitrogens with one attached hydrogen (secondary N) is 1. The molecule has 1 aliphatic carbocycles. The summed E-state index contributed by atoms with van der Waals surface area (Å²) in [5, 5.41) is 3.50. The predicted molar refractivity (Wildman–Crippen MR) is 81.3 cm³/mol. The van der Waals surface area contributed by atoms with Crippen LogP contribution < -0.4 is 10.1 Å². The first-order valence-electron chi connectivity index (χ1n) is 7.45. The smallest absolute Gasteiger partial charge is 0.221 e. The van der Waals surface area contributed by atoms with Gasteiger partial charge < -0.3 is 15.0 Å². The van der Waals surface area contributed by atoms with Gasteiger partial charge in [0, 0.05) is 12.1 Å². The largest absolute Gasteiger partial charge is 0.478 e. The third-order valence-electron chi connectivity index (χ3n) is 4.39. The van der Waals surface area contributed by atoms with Crippen LogP contribution in [0.2, 0.25) is 0 Å². The van der Waals surface area contributed by atoms with Crippen LogP contribution in [0.1, 0.15) is 38.2 Å². The average Bonchev–Trinajstić information content (AvgIpc) is 2.90. The molecule has 1 aliphatic rings. The Balaban J connectivity index is 2.08. The molecule has 1 heterocycles. The van der Waals surface area contributed by atoms with Crippen LogP contribution in [0.5, 0.6) is 5.88 Å². The van der Waals surface area contributed by atoms with E-state index in [0.717, 1.165) is 17.9 Å². The molecule has 0 spiro atoms. The van der Waals surface area contributed by atoms with Crippen molar-refractivity contribution in [2.45, 2.75) is 45.1 Å². The predicted octanol–water partition coefficient (Wildman–Crippen LogP) is 2.47. The number of likely N-dealkylation sites (N-methyl/N-ethyl adjacent to an activating group) is 1. The summed E-state index contributed by atoms with van der Waals surface area (Å²) < 4.78 is 5.52. The molecule has 1 N–H and O–H groups in total. The second kappa shape index (κ2) is 6.39. The highest BCUT2D eigenvalue weighted by Gasteiger charge is 2.35. The second-order valence-electron chi connectivity index (χ2n) is 5.76. The van der Waals surface area contributed by atoms with E-state index in [9.17, 15) is 0 Å². The molecule has 2 rings (SSSR count). The van der Waals surface area contributed by atoms with Crippen LogP contribution >= 0.6 is 0 Å². The van der Waals surface area contributed by atoms with Crippen LogP contribution in [0, 0.1) is 6.92 Å². The number of hydrogen-bond donors (Lipinski definition) is 1. The van der Waals surface area contributed by atoms with Crippen molar-refractivity contribution in [1.29, 1.82) is 0 Å². The Morgan fingerprint density at radius 3 is 2.60 bits per heavy atom. The lowest BCUT2D eigenvalue weighted by molar-refractivity contribution is 0.172. The lowest BCUT2D eigenvalue weighted by Gasteiger charge is -2.36. The minimum atomic E-state index is 0.253. The van der Waals surface area contributed by atoms with Gasteiger partial charge in [0.05, 0.1) is 12.2 Å². The number of rotatable bonds is 6. The van der Waals surface area contributed by atoms with Crippen molar-refractivity contribution < 1.29 is 4.74 Å². The van der Waals surface area contributed by atoms with Gasteiger partial charge in [-0.15, -0.1) is 0 Å². The number of ether oxygens (including phenoxy) is 1. The summed E-state index contributed by atoms with van der Waals surface area (Å²) in [5.41, 5.74) is 1.24. The highest BCUT2D eigenvalue weighted by molar-refractivity contribution is 5.47. The molecular weight excluding hydrogens is 252 g/mol. The van der Waals surface area contributed by atoms with Crippen molar-refractivity contribution >= 4 is 5.82 Å². The maximum atomic E-state index is 5.52. The van der Waals surface area contributed by atoms with Gasteiger partial charge in [-0.1, -0.05) is 12.8 Å². The van der Waals surface area contributed by atoms with E-state index >= 15 is 0 Å². The summed E-state index contributed by atoms with van der Waals surface area (Å²) in [6.07, 6.45) is 6.68. The minimum Gasteiger partial charge on any atom is -0.478 e. The minimum absolute atomic E-state index is 0.253. The third-order valence-corrected chi connectivity index (χ3v) is 4.39. The topological polar surface area (TPSA) is 50.3 Å². The number of hydrogen-bond acceptors (Lipinski definition) is 5. The van der Waals surface area contributed by atoms with E-state index < -0.39 is 0 Å². The molecule has 0 unspecified atom stereocenters. The Labute approximate surface area is 121 Å². The summed E-state index contributed by atoms with van der Waals surface area (Å²) >= 11 is 0. The van der Waals surface area contributed by atoms with E-state index in [4.69, 9.17) is 4.74 Å². The second-order valence-corrected chi connectivity index (χ2v) is 5.76. The zero-order chi connectivity index (χ0) is 14.6. The van der Waals surface area contributed by atoms with Gasteiger partial charge >= 0.3 is 0 Å². The molecule has 0 aromatic carbocycles. The first-order chi connectivity index (χ1) is 9.59. The van der Waals surface area contributed by atoms with Gasteiger partial charge in [-0.3, -0.25) is 0 Å². The maximum absolute atomic E-state index is 5.52. The van der Waals surface area contributed by atoms with Gasteiger partial charge in [0.2, 0.25) is 5.88 Å². The summed E-state index contributed by atoms with van der Waals surface area (Å²) in [6.45, 7) is 5.51. The lowest BCUT2D eigenvalue weighted by Crippen LogP contribution is -2.47. The molecule has 1 fully saturated rings. The molecule has 112 valence electrons. The van der Waals surface area contributed by atoms with Crippen LogP contribution in [0.15, 0.2) is 6.33 Å². The fourth-order valence-corrected chi connectivity index (χ4v) is 2.96. The molecule has 0 aliphatic heterocycles. The first kappa shape index (κ1) is 15.0. The van der Waals surface area contributed by atoms with E-state index in [0.29, 0.717) is 12.5 Å². The van der Waals surface area contributed by atoms with Crippen molar-refractivity contribution in [2.75, 3.05) is 32.6 Å². The molecular formula is C15H26N4O. The molecule has 1 saturated carbocycles. The Kier molecular flexibility index (Phi) is 4.81. The van der Waals surface area contributed by atoms with E-state index in [1.165, 1.54) is 25.7 Å². The quantitative estimate of drug-likeness (QED) is 0.866. The molecule has 0 radical (unpaired) electrons. The Morgan fingerprint density at radius 2 is 2.00 bits per heavy atom. The van der Waals surface area contributed by atoms with Crippen molar-refractivity contribution in [3.8, 4) is 5.88 Å². The SMILES string of the molecule is CCOc1ncnc(NCC2(N(C)C)CCCC2)c1C. The normalized spacial score (nSPS) is 17.4. The molecule has 0 amide bonds. The molecule has 0 saturated heterocycles. The Hall–Kier alpha value is -1.36. The maximum Gasteiger partial charge on any atom is 0.221 e. The summed E-state index contributed by atoms with van der Waals surface area (Å²) in [7, 11) is 4.34. The van der Waals surface area contributed by atoms with Crippen LogP contribution in [0.4, 0.5) is 5.82 Å². The molecule has 0 atom stereocenters. The first-order valence-corrected chi connectivity index (χ1v) is 7.45. The third kappa shape index (κ3) is 3.03. The van der Waals surface area contributed by atoms with Crippen LogP contribution in [-0.4, -0.2) is 47.7 Å². The van der Waals surface area contributed by atoms with Crippen molar-refractivity contribution in [3.05, 3.63) is 11.9 Å². The van der Waals surface area contributed by atoms with Gasteiger partial charge in [-0.25, -0.2) is 9.97 Å². The monoisotopic (exact) mass is 278 g/mol. The van der Waals surface area contributed by atoms with E-state index in [-0.39, 0.29) is 5.54 Å². The molecule has 1 aromatic heterocycles. The highest BCUT2D eigenvalue weighted by Crippen LogP contribution is 2.34. The van der Waals surface area contributed by atoms with Crippen LogP contribution in [0.25, 0.3) is 0 Å². The van der Waals surface area contributed by atoms with Gasteiger partial charge in [0.1, 0.15) is 12.1 Å². The highest BCUT2D eigenvalue weighted by atomic mass is 16.5. The standard InChI is InChI=1S/C15H26N4O/c1-5-20-14-12(2)13(17-11-18-14)16-10-15(19(3)4)8-6-7-9-15/h11H,5-10H2,1-4H3,(H,16,17,18). The summed E-state index contributed by atoms with van der Waals surface area (Å²) in [5.74, 6) is 1.56. The van der Waals surface area contributed by atoms with Gasteiger partial charge in [0.25, 0.3) is 0 Å². The van der Waals surface area contributed by atoms with Crippen LogP contribution in [-0.2, 0) is 0 Å². The van der Waals surface area contributed by atoms with E-state index in [1.807, 2.05) is 13.8 Å². The Morgan fingerprint density at radius 1 is 1.30 bits per heavy atom. The van der Waals surface area contributed by atoms with Gasteiger partial charge in [0.15, 0.2) is 0 Å². The average molecular weight is 278 g/mol. The summed E-state index contributed by atoms with van der Waals surface area (Å²) in [6, 6.07) is 0. The number of nitrogens with zero attached hydrogens (tertiary/aromatic N) is 3. The molecule has 5 heteroatoms. The molecule has 20 heavy (non-hydrogen) atoms.